The molecule has 0 aliphatic carbocycles. The minimum atomic E-state index is -0.115. The number of amidine groups is 1. The molecular formula is C16H13ClN2OS2. The monoisotopic (exact) mass is 348 g/mol. The molecule has 1 aromatic heterocycles. The summed E-state index contributed by atoms with van der Waals surface area (Å²) in [5, 5.41) is 6.06. The van der Waals surface area contributed by atoms with Gasteiger partial charge in [-0.2, -0.15) is 0 Å². The highest BCUT2D eigenvalue weighted by Gasteiger charge is 2.24. The fourth-order valence-corrected chi connectivity index (χ4v) is 3.88. The Balaban J connectivity index is 1.89. The fourth-order valence-electron chi connectivity index (χ4n) is 1.96. The molecule has 3 rings (SSSR count). The van der Waals surface area contributed by atoms with Gasteiger partial charge in [-0.25, -0.2) is 4.99 Å². The van der Waals surface area contributed by atoms with Crippen molar-refractivity contribution in [2.24, 2.45) is 4.99 Å². The van der Waals surface area contributed by atoms with Crippen molar-refractivity contribution in [3.8, 4) is 0 Å². The molecule has 1 amide bonds. The second-order valence-corrected chi connectivity index (χ2v) is 7.22. The van der Waals surface area contributed by atoms with Gasteiger partial charge in [0.15, 0.2) is 5.17 Å². The Morgan fingerprint density at radius 3 is 2.82 bits per heavy atom. The second kappa shape index (κ2) is 6.28. The number of hydrogen-bond acceptors (Lipinski definition) is 4. The summed E-state index contributed by atoms with van der Waals surface area (Å²) >= 11 is 9.07. The zero-order valence-electron chi connectivity index (χ0n) is 12.0. The van der Waals surface area contributed by atoms with Crippen LogP contribution in [-0.4, -0.2) is 11.1 Å². The van der Waals surface area contributed by atoms with Gasteiger partial charge in [-0.3, -0.25) is 4.79 Å². The summed E-state index contributed by atoms with van der Waals surface area (Å²) in [7, 11) is 0. The molecule has 6 heteroatoms. The molecule has 0 atom stereocenters. The Hall–Kier alpha value is -1.56. The molecule has 2 aromatic rings. The predicted octanol–water partition coefficient (Wildman–Crippen LogP) is 4.91. The molecule has 0 unspecified atom stereocenters. The summed E-state index contributed by atoms with van der Waals surface area (Å²) in [4.78, 5) is 18.3. The van der Waals surface area contributed by atoms with Gasteiger partial charge in [-0.05, 0) is 66.4 Å². The molecule has 0 saturated carbocycles. The van der Waals surface area contributed by atoms with Crippen molar-refractivity contribution in [1.29, 1.82) is 0 Å². The number of nitrogens with one attached hydrogen (secondary N) is 1. The number of nitrogens with zero attached hydrogens (tertiary/aromatic N) is 1. The van der Waals surface area contributed by atoms with Gasteiger partial charge in [-0.1, -0.05) is 17.7 Å². The van der Waals surface area contributed by atoms with Crippen molar-refractivity contribution in [2.45, 2.75) is 13.8 Å². The number of carbonyl (C=O) groups excluding carboxylic acids is 1. The number of aryl methyl sites for hydroxylation is 1. The smallest absolute Gasteiger partial charge is 0.264 e. The summed E-state index contributed by atoms with van der Waals surface area (Å²) in [5.41, 5.74) is 2.84. The summed E-state index contributed by atoms with van der Waals surface area (Å²) in [6, 6.07) is 7.60. The van der Waals surface area contributed by atoms with Crippen LogP contribution in [0.3, 0.4) is 0 Å². The normalized spacial score (nSPS) is 18.2. The molecule has 112 valence electrons. The highest BCUT2D eigenvalue weighted by Crippen LogP contribution is 2.32. The predicted molar refractivity (Wildman–Crippen MR) is 96.1 cm³/mol. The molecule has 1 aliphatic rings. The lowest BCUT2D eigenvalue weighted by Crippen LogP contribution is -2.19. The fraction of sp³-hybridized carbons (Fsp3) is 0.125. The Kier molecular flexibility index (Phi) is 4.38. The van der Waals surface area contributed by atoms with Gasteiger partial charge in [0.2, 0.25) is 0 Å². The van der Waals surface area contributed by atoms with Crippen LogP contribution in [0.1, 0.15) is 16.0 Å². The summed E-state index contributed by atoms with van der Waals surface area (Å²) in [5.74, 6) is -0.115. The van der Waals surface area contributed by atoms with Crippen LogP contribution in [0.4, 0.5) is 5.69 Å². The number of hydrogen-bond donors (Lipinski definition) is 1. The third-order valence-corrected chi connectivity index (χ3v) is 5.56. The van der Waals surface area contributed by atoms with Crippen molar-refractivity contribution in [1.82, 2.24) is 5.32 Å². The van der Waals surface area contributed by atoms with E-state index in [1.54, 1.807) is 11.3 Å². The van der Waals surface area contributed by atoms with E-state index < -0.39 is 0 Å². The maximum absolute atomic E-state index is 12.1. The van der Waals surface area contributed by atoms with Gasteiger partial charge >= 0.3 is 0 Å². The Bertz CT molecular complexity index is 808. The standard InChI is InChI=1S/C16H13ClN2OS2/c1-9-6-7-21-13(9)8-14-15(20)19-16(22-14)18-12-5-3-4-11(17)10(12)2/h3-8H,1-2H3,(H,18,19,20)/b14-8-. The van der Waals surface area contributed by atoms with Crippen molar-refractivity contribution in [3.63, 3.8) is 0 Å². The molecule has 22 heavy (non-hydrogen) atoms. The van der Waals surface area contributed by atoms with Crippen molar-refractivity contribution >= 4 is 57.5 Å². The Morgan fingerprint density at radius 2 is 2.09 bits per heavy atom. The number of aliphatic imine (C=N–C) groups is 1. The van der Waals surface area contributed by atoms with Crippen LogP contribution in [0, 0.1) is 13.8 Å². The van der Waals surface area contributed by atoms with E-state index in [2.05, 4.69) is 10.3 Å². The number of halogens is 1. The quantitative estimate of drug-likeness (QED) is 0.783. The topological polar surface area (TPSA) is 41.5 Å². The summed E-state index contributed by atoms with van der Waals surface area (Å²) in [6.45, 7) is 3.94. The van der Waals surface area contributed by atoms with E-state index in [1.807, 2.05) is 49.6 Å². The van der Waals surface area contributed by atoms with Crippen LogP contribution < -0.4 is 5.32 Å². The maximum Gasteiger partial charge on any atom is 0.264 e. The van der Waals surface area contributed by atoms with Crippen LogP contribution in [0.15, 0.2) is 39.5 Å². The minimum Gasteiger partial charge on any atom is -0.300 e. The first kappa shape index (κ1) is 15.3. The largest absolute Gasteiger partial charge is 0.300 e. The highest BCUT2D eigenvalue weighted by atomic mass is 35.5. The van der Waals surface area contributed by atoms with Gasteiger partial charge in [-0.15, -0.1) is 11.3 Å². The van der Waals surface area contributed by atoms with E-state index in [1.165, 1.54) is 17.3 Å². The van der Waals surface area contributed by atoms with Gasteiger partial charge in [0.05, 0.1) is 10.6 Å². The summed E-state index contributed by atoms with van der Waals surface area (Å²) in [6.07, 6.45) is 1.91. The highest BCUT2D eigenvalue weighted by molar-refractivity contribution is 8.18. The third-order valence-electron chi connectivity index (χ3n) is 3.28. The lowest BCUT2D eigenvalue weighted by molar-refractivity contribution is -0.115. The van der Waals surface area contributed by atoms with Gasteiger partial charge in [0.1, 0.15) is 0 Å². The van der Waals surface area contributed by atoms with Gasteiger partial charge in [0, 0.05) is 9.90 Å². The number of thioether (sulfide) groups is 1. The number of amides is 1. The molecule has 1 aliphatic heterocycles. The minimum absolute atomic E-state index is 0.115. The zero-order chi connectivity index (χ0) is 15.7. The van der Waals surface area contributed by atoms with Crippen molar-refractivity contribution in [2.75, 3.05) is 0 Å². The van der Waals surface area contributed by atoms with Crippen LogP contribution in [0.2, 0.25) is 5.02 Å². The van der Waals surface area contributed by atoms with Crippen molar-refractivity contribution < 1.29 is 4.79 Å². The third kappa shape index (κ3) is 3.11. The average molecular weight is 349 g/mol. The van der Waals surface area contributed by atoms with Crippen LogP contribution in [0.25, 0.3) is 6.08 Å². The second-order valence-electron chi connectivity index (χ2n) is 4.83. The molecule has 3 nitrogen and oxygen atoms in total. The lowest BCUT2D eigenvalue weighted by Gasteiger charge is -2.02. The van der Waals surface area contributed by atoms with Crippen LogP contribution >= 0.6 is 34.7 Å². The first-order valence-corrected chi connectivity index (χ1v) is 8.71. The number of rotatable bonds is 2. The first-order valence-electron chi connectivity index (χ1n) is 6.63. The molecule has 0 bridgehead atoms. The molecule has 1 aromatic carbocycles. The van der Waals surface area contributed by atoms with E-state index in [0.717, 1.165) is 16.1 Å². The molecule has 2 heterocycles. The Morgan fingerprint density at radius 1 is 1.27 bits per heavy atom. The van der Waals surface area contributed by atoms with E-state index in [0.29, 0.717) is 15.1 Å². The van der Waals surface area contributed by atoms with Gasteiger partial charge < -0.3 is 5.32 Å². The summed E-state index contributed by atoms with van der Waals surface area (Å²) < 4.78 is 0. The van der Waals surface area contributed by atoms with Crippen LogP contribution in [-0.2, 0) is 4.79 Å². The van der Waals surface area contributed by atoms with E-state index >= 15 is 0 Å². The molecule has 1 N–H and O–H groups in total. The maximum atomic E-state index is 12.1. The molecule has 0 radical (unpaired) electrons. The van der Waals surface area contributed by atoms with E-state index in [9.17, 15) is 4.79 Å². The molecule has 1 saturated heterocycles. The molecule has 1 fully saturated rings. The number of benzene rings is 1. The lowest BCUT2D eigenvalue weighted by atomic mass is 10.2. The first-order chi connectivity index (χ1) is 10.5. The number of thiophene rings is 1. The number of carbonyl (C=O) groups is 1. The molecular weight excluding hydrogens is 336 g/mol. The van der Waals surface area contributed by atoms with Gasteiger partial charge in [0.25, 0.3) is 5.91 Å². The van der Waals surface area contributed by atoms with Crippen molar-refractivity contribution in [3.05, 3.63) is 55.6 Å². The molecule has 0 spiro atoms. The average Bonchev–Trinajstić information content (AvgIpc) is 3.03. The van der Waals surface area contributed by atoms with E-state index in [4.69, 9.17) is 11.6 Å². The van der Waals surface area contributed by atoms with E-state index in [-0.39, 0.29) is 5.91 Å². The Labute approximate surface area is 142 Å². The zero-order valence-corrected chi connectivity index (χ0v) is 14.4. The van der Waals surface area contributed by atoms with Crippen LogP contribution in [0.5, 0.6) is 0 Å². The SMILES string of the molecule is Cc1ccsc1/C=C1\SC(=Nc2cccc(Cl)c2C)NC1=O.